The van der Waals surface area contributed by atoms with Gasteiger partial charge in [0.15, 0.2) is 0 Å². The molecule has 0 saturated carbocycles. The molecule has 1 aliphatic carbocycles. The number of benzene rings is 4. The second-order valence-corrected chi connectivity index (χ2v) is 8.65. The molecule has 0 saturated heterocycles. The van der Waals surface area contributed by atoms with E-state index in [0.29, 0.717) is 0 Å². The maximum Gasteiger partial charge on any atom is 0.0611 e. The number of aromatic nitrogens is 1. The average Bonchev–Trinajstić information content (AvgIpc) is 3.35. The Morgan fingerprint density at radius 2 is 1.54 bits per heavy atom. The first-order chi connectivity index (χ1) is 13.7. The molecule has 0 aliphatic heterocycles. The summed E-state index contributed by atoms with van der Waals surface area (Å²) in [6.07, 6.45) is 2.24. The van der Waals surface area contributed by atoms with Crippen LogP contribution in [0.15, 0.2) is 79.0 Å². The van der Waals surface area contributed by atoms with Crippen LogP contribution in [-0.2, 0) is 5.41 Å². The van der Waals surface area contributed by atoms with Gasteiger partial charge in [0, 0.05) is 27.8 Å². The summed E-state index contributed by atoms with van der Waals surface area (Å²) in [6, 6.07) is 27.0. The van der Waals surface area contributed by atoms with Gasteiger partial charge in [-0.05, 0) is 51.2 Å². The smallest absolute Gasteiger partial charge is 0.0611 e. The van der Waals surface area contributed by atoms with Crippen molar-refractivity contribution in [2.24, 2.45) is 0 Å². The third-order valence-electron chi connectivity index (χ3n) is 6.91. The summed E-state index contributed by atoms with van der Waals surface area (Å²) in [4.78, 5) is 0. The van der Waals surface area contributed by atoms with Gasteiger partial charge in [0.25, 0.3) is 0 Å². The normalized spacial score (nSPS) is 15.1. The highest BCUT2D eigenvalue weighted by molar-refractivity contribution is 6.26. The van der Waals surface area contributed by atoms with E-state index in [1.165, 1.54) is 60.2 Å². The molecule has 0 fully saturated rings. The van der Waals surface area contributed by atoms with Crippen LogP contribution in [-0.4, -0.2) is 4.40 Å². The van der Waals surface area contributed by atoms with Crippen LogP contribution in [0.2, 0.25) is 0 Å². The Kier molecular flexibility index (Phi) is 2.39. The van der Waals surface area contributed by atoms with Crippen LogP contribution in [0, 0.1) is 0 Å². The molecule has 0 N–H and O–H groups in total. The molecule has 6 aromatic rings. The summed E-state index contributed by atoms with van der Waals surface area (Å²) in [6.45, 7) is 4.77. The minimum Gasteiger partial charge on any atom is -0.315 e. The number of hydrogen-bond acceptors (Lipinski definition) is 0. The first-order valence-corrected chi connectivity index (χ1v) is 9.97. The first-order valence-electron chi connectivity index (χ1n) is 9.97. The van der Waals surface area contributed by atoms with Crippen molar-refractivity contribution in [1.82, 2.24) is 4.40 Å². The Morgan fingerprint density at radius 3 is 2.46 bits per heavy atom. The zero-order chi connectivity index (χ0) is 18.6. The maximum absolute atomic E-state index is 2.41. The van der Waals surface area contributed by atoms with Crippen LogP contribution in [0.1, 0.15) is 25.0 Å². The minimum atomic E-state index is -0.0108. The molecule has 0 atom stereocenters. The van der Waals surface area contributed by atoms with Gasteiger partial charge >= 0.3 is 0 Å². The molecule has 0 radical (unpaired) electrons. The zero-order valence-electron chi connectivity index (χ0n) is 16.0. The number of hydrogen-bond donors (Lipinski definition) is 0. The van der Waals surface area contributed by atoms with E-state index in [1.807, 2.05) is 0 Å². The topological polar surface area (TPSA) is 4.41 Å². The molecule has 2 heterocycles. The Hall–Kier alpha value is -3.32. The number of rotatable bonds is 0. The number of nitrogens with zero attached hydrogens (tertiary/aromatic N) is 1. The van der Waals surface area contributed by atoms with Crippen molar-refractivity contribution in [3.63, 3.8) is 0 Å². The Morgan fingerprint density at radius 1 is 0.714 bits per heavy atom. The molecular formula is C27H19N. The summed E-state index contributed by atoms with van der Waals surface area (Å²) in [5, 5.41) is 6.83. The van der Waals surface area contributed by atoms with Crippen molar-refractivity contribution in [3.8, 4) is 11.1 Å². The zero-order valence-corrected chi connectivity index (χ0v) is 16.0. The first kappa shape index (κ1) is 14.7. The van der Waals surface area contributed by atoms with Crippen LogP contribution >= 0.6 is 0 Å². The van der Waals surface area contributed by atoms with E-state index in [1.54, 1.807) is 0 Å². The molecular weight excluding hydrogens is 338 g/mol. The van der Waals surface area contributed by atoms with Crippen LogP contribution in [0.5, 0.6) is 0 Å². The summed E-state index contributed by atoms with van der Waals surface area (Å²) in [7, 11) is 0. The fraction of sp³-hybridized carbons (Fsp3) is 0.111. The highest BCUT2D eigenvalue weighted by Crippen LogP contribution is 2.54. The molecule has 0 spiro atoms. The van der Waals surface area contributed by atoms with Crippen molar-refractivity contribution in [3.05, 3.63) is 90.1 Å². The van der Waals surface area contributed by atoms with Crippen LogP contribution in [0.4, 0.5) is 0 Å². The summed E-state index contributed by atoms with van der Waals surface area (Å²) in [5.41, 5.74) is 8.38. The van der Waals surface area contributed by atoms with E-state index < -0.39 is 0 Å². The summed E-state index contributed by atoms with van der Waals surface area (Å²) in [5.74, 6) is 0. The Balaban J connectivity index is 1.84. The largest absolute Gasteiger partial charge is 0.315 e. The predicted octanol–water partition coefficient (Wildman–Crippen LogP) is 7.14. The third-order valence-corrected chi connectivity index (χ3v) is 6.91. The highest BCUT2D eigenvalue weighted by Gasteiger charge is 2.38. The van der Waals surface area contributed by atoms with E-state index in [2.05, 4.69) is 97.2 Å². The standard InChI is InChI=1S/C27H19N/c1-27(2)21-10-6-5-9-19(21)20-15-17-13-14-28-22-12-11-16-7-3-4-8-18(16)23(22)24(25(20)27)26(17)28/h3-15H,1-2H3. The Labute approximate surface area is 163 Å². The predicted molar refractivity (Wildman–Crippen MR) is 119 cm³/mol. The summed E-state index contributed by atoms with van der Waals surface area (Å²) < 4.78 is 2.39. The van der Waals surface area contributed by atoms with Gasteiger partial charge in [0.2, 0.25) is 0 Å². The van der Waals surface area contributed by atoms with Gasteiger partial charge in [-0.25, -0.2) is 0 Å². The van der Waals surface area contributed by atoms with Crippen molar-refractivity contribution in [1.29, 1.82) is 0 Å². The van der Waals surface area contributed by atoms with Crippen LogP contribution in [0.25, 0.3) is 49.1 Å². The molecule has 0 amide bonds. The quantitative estimate of drug-likeness (QED) is 0.272. The van der Waals surface area contributed by atoms with Crippen LogP contribution in [0.3, 0.4) is 0 Å². The van der Waals surface area contributed by atoms with Gasteiger partial charge in [-0.15, -0.1) is 0 Å². The molecule has 4 aromatic carbocycles. The van der Waals surface area contributed by atoms with Gasteiger partial charge in [-0.3, -0.25) is 0 Å². The van der Waals surface area contributed by atoms with E-state index in [-0.39, 0.29) is 5.41 Å². The molecule has 0 unspecified atom stereocenters. The maximum atomic E-state index is 2.41. The van der Waals surface area contributed by atoms with Gasteiger partial charge in [0.05, 0.1) is 11.0 Å². The SMILES string of the molecule is CC1(C)c2ccccc2-c2cc3ccn4c5ccc6ccccc6c5c(c21)c34. The average molecular weight is 357 g/mol. The van der Waals surface area contributed by atoms with E-state index in [0.717, 1.165) is 0 Å². The summed E-state index contributed by atoms with van der Waals surface area (Å²) >= 11 is 0. The number of fused-ring (bicyclic) bond motifs is 9. The molecule has 7 rings (SSSR count). The van der Waals surface area contributed by atoms with Crippen molar-refractivity contribution >= 4 is 38.0 Å². The molecule has 132 valence electrons. The fourth-order valence-electron chi connectivity index (χ4n) is 5.74. The van der Waals surface area contributed by atoms with Gasteiger partial charge < -0.3 is 4.40 Å². The van der Waals surface area contributed by atoms with E-state index in [4.69, 9.17) is 0 Å². The molecule has 0 bridgehead atoms. The van der Waals surface area contributed by atoms with Crippen molar-refractivity contribution in [2.45, 2.75) is 19.3 Å². The van der Waals surface area contributed by atoms with Gasteiger partial charge in [-0.2, -0.15) is 0 Å². The molecule has 1 nitrogen and oxygen atoms in total. The van der Waals surface area contributed by atoms with Gasteiger partial charge in [-0.1, -0.05) is 68.4 Å². The molecule has 2 aromatic heterocycles. The molecule has 28 heavy (non-hydrogen) atoms. The van der Waals surface area contributed by atoms with Gasteiger partial charge in [0.1, 0.15) is 0 Å². The lowest BCUT2D eigenvalue weighted by Gasteiger charge is -2.22. The lowest BCUT2D eigenvalue weighted by atomic mass is 9.80. The Bertz CT molecular complexity index is 1580. The minimum absolute atomic E-state index is 0.0108. The lowest BCUT2D eigenvalue weighted by molar-refractivity contribution is 0.667. The highest BCUT2D eigenvalue weighted by atomic mass is 14.9. The molecule has 1 heteroatoms. The second kappa shape index (κ2) is 4.56. The molecule has 1 aliphatic rings. The van der Waals surface area contributed by atoms with Crippen molar-refractivity contribution < 1.29 is 0 Å². The van der Waals surface area contributed by atoms with E-state index in [9.17, 15) is 0 Å². The lowest BCUT2D eigenvalue weighted by Crippen LogP contribution is -2.15. The van der Waals surface area contributed by atoms with E-state index >= 15 is 0 Å². The third kappa shape index (κ3) is 1.49. The van der Waals surface area contributed by atoms with Crippen LogP contribution < -0.4 is 0 Å². The fourth-order valence-corrected chi connectivity index (χ4v) is 5.74. The van der Waals surface area contributed by atoms with Crippen molar-refractivity contribution in [2.75, 3.05) is 0 Å². The second-order valence-electron chi connectivity index (χ2n) is 8.65. The monoisotopic (exact) mass is 357 g/mol.